The topological polar surface area (TPSA) is 54.3 Å². The Morgan fingerprint density at radius 2 is 1.88 bits per heavy atom. The Morgan fingerprint density at radius 1 is 1.12 bits per heavy atom. The number of rotatable bonds is 6. The van der Waals surface area contributed by atoms with Gasteiger partial charge in [0.25, 0.3) is 5.91 Å². The van der Waals surface area contributed by atoms with E-state index < -0.39 is 0 Å². The molecule has 0 atom stereocenters. The van der Waals surface area contributed by atoms with Crippen LogP contribution in [0.25, 0.3) is 0 Å². The molecular formula is C18H31N5O. The van der Waals surface area contributed by atoms with Crippen LogP contribution in [0.1, 0.15) is 62.4 Å². The molecule has 0 aromatic carbocycles. The highest BCUT2D eigenvalue weighted by Crippen LogP contribution is 2.26. The van der Waals surface area contributed by atoms with Gasteiger partial charge in [0.05, 0.1) is 6.20 Å². The molecule has 6 nitrogen and oxygen atoms in total. The summed E-state index contributed by atoms with van der Waals surface area (Å²) >= 11 is 0. The maximum absolute atomic E-state index is 12.6. The lowest BCUT2D eigenvalue weighted by atomic mass is 9.87. The minimum absolute atomic E-state index is 0.0371. The summed E-state index contributed by atoms with van der Waals surface area (Å²) in [6.45, 7) is 7.74. The van der Waals surface area contributed by atoms with Crippen molar-refractivity contribution < 1.29 is 4.79 Å². The number of hydrogen-bond donors (Lipinski definition) is 0. The Bertz CT molecular complexity index is 515. The van der Waals surface area contributed by atoms with Crippen molar-refractivity contribution in [2.75, 3.05) is 32.7 Å². The van der Waals surface area contributed by atoms with Gasteiger partial charge in [0.1, 0.15) is 0 Å². The van der Waals surface area contributed by atoms with Gasteiger partial charge in [0.15, 0.2) is 5.69 Å². The van der Waals surface area contributed by atoms with Crippen LogP contribution in [0.5, 0.6) is 0 Å². The molecule has 24 heavy (non-hydrogen) atoms. The fourth-order valence-electron chi connectivity index (χ4n) is 3.95. The molecule has 1 aromatic heterocycles. The molecule has 1 saturated heterocycles. The molecule has 0 spiro atoms. The monoisotopic (exact) mass is 333 g/mol. The smallest absolute Gasteiger partial charge is 0.276 e. The Hall–Kier alpha value is -1.43. The van der Waals surface area contributed by atoms with Crippen LogP contribution >= 0.6 is 0 Å². The number of hydrogen-bond acceptors (Lipinski definition) is 4. The summed E-state index contributed by atoms with van der Waals surface area (Å²) in [5.74, 6) is 0.865. The zero-order valence-corrected chi connectivity index (χ0v) is 15.0. The molecule has 0 radical (unpaired) electrons. The van der Waals surface area contributed by atoms with Crippen LogP contribution in [0.15, 0.2) is 6.20 Å². The fourth-order valence-corrected chi connectivity index (χ4v) is 3.95. The van der Waals surface area contributed by atoms with E-state index in [1.54, 1.807) is 0 Å². The first-order valence-corrected chi connectivity index (χ1v) is 9.68. The summed E-state index contributed by atoms with van der Waals surface area (Å²) in [7, 11) is 0. The lowest BCUT2D eigenvalue weighted by Gasteiger charge is -2.34. The van der Waals surface area contributed by atoms with Gasteiger partial charge in [-0.3, -0.25) is 14.4 Å². The molecule has 2 aliphatic rings. The number of carbonyl (C=O) groups excluding carboxylic acids is 1. The molecule has 3 rings (SSSR count). The van der Waals surface area contributed by atoms with Gasteiger partial charge in [-0.25, -0.2) is 0 Å². The SMILES string of the molecule is CCCN1CCN(C(=O)c2cn(CCC3CCCCC3)nn2)CC1. The molecule has 1 amide bonds. The Morgan fingerprint density at radius 3 is 2.58 bits per heavy atom. The summed E-state index contributed by atoms with van der Waals surface area (Å²) in [5, 5.41) is 8.29. The third-order valence-corrected chi connectivity index (χ3v) is 5.45. The molecule has 2 fully saturated rings. The van der Waals surface area contributed by atoms with E-state index in [1.165, 1.54) is 38.5 Å². The van der Waals surface area contributed by atoms with Gasteiger partial charge in [0, 0.05) is 32.7 Å². The second-order valence-corrected chi connectivity index (χ2v) is 7.29. The summed E-state index contributed by atoms with van der Waals surface area (Å²) in [5.41, 5.74) is 0.502. The number of nitrogens with zero attached hydrogens (tertiary/aromatic N) is 5. The lowest BCUT2D eigenvalue weighted by molar-refractivity contribution is 0.0631. The average Bonchev–Trinajstić information content (AvgIpc) is 3.10. The van der Waals surface area contributed by atoms with Crippen molar-refractivity contribution in [2.24, 2.45) is 5.92 Å². The van der Waals surface area contributed by atoms with Crippen molar-refractivity contribution in [3.8, 4) is 0 Å². The third kappa shape index (κ3) is 4.56. The van der Waals surface area contributed by atoms with E-state index in [-0.39, 0.29) is 5.91 Å². The van der Waals surface area contributed by atoms with Crippen LogP contribution in [0.2, 0.25) is 0 Å². The van der Waals surface area contributed by atoms with Crippen molar-refractivity contribution in [1.29, 1.82) is 0 Å². The zero-order chi connectivity index (χ0) is 16.8. The molecule has 0 N–H and O–H groups in total. The highest BCUT2D eigenvalue weighted by Gasteiger charge is 2.23. The van der Waals surface area contributed by atoms with E-state index in [0.29, 0.717) is 5.69 Å². The predicted octanol–water partition coefficient (Wildman–Crippen LogP) is 2.42. The minimum atomic E-state index is 0.0371. The van der Waals surface area contributed by atoms with Gasteiger partial charge in [-0.2, -0.15) is 0 Å². The van der Waals surface area contributed by atoms with Gasteiger partial charge in [-0.05, 0) is 25.3 Å². The largest absolute Gasteiger partial charge is 0.335 e. The molecule has 134 valence electrons. The summed E-state index contributed by atoms with van der Waals surface area (Å²) in [4.78, 5) is 16.9. The molecule has 2 heterocycles. The molecule has 1 saturated carbocycles. The second kappa shape index (κ2) is 8.60. The number of aromatic nitrogens is 3. The van der Waals surface area contributed by atoms with E-state index in [9.17, 15) is 4.79 Å². The number of piperazine rings is 1. The molecular weight excluding hydrogens is 302 g/mol. The Labute approximate surface area is 145 Å². The normalized spacial score (nSPS) is 20.5. The van der Waals surface area contributed by atoms with Crippen LogP contribution < -0.4 is 0 Å². The molecule has 1 aliphatic carbocycles. The van der Waals surface area contributed by atoms with Gasteiger partial charge >= 0.3 is 0 Å². The first-order chi connectivity index (χ1) is 11.8. The van der Waals surface area contributed by atoms with Crippen molar-refractivity contribution in [1.82, 2.24) is 24.8 Å². The van der Waals surface area contributed by atoms with E-state index in [0.717, 1.165) is 51.6 Å². The van der Waals surface area contributed by atoms with Crippen LogP contribution in [0, 0.1) is 5.92 Å². The van der Waals surface area contributed by atoms with Crippen LogP contribution in [-0.2, 0) is 6.54 Å². The minimum Gasteiger partial charge on any atom is -0.335 e. The molecule has 6 heteroatoms. The fraction of sp³-hybridized carbons (Fsp3) is 0.833. The van der Waals surface area contributed by atoms with E-state index in [2.05, 4.69) is 22.1 Å². The first-order valence-electron chi connectivity index (χ1n) is 9.68. The lowest BCUT2D eigenvalue weighted by Crippen LogP contribution is -2.48. The average molecular weight is 333 g/mol. The highest BCUT2D eigenvalue weighted by molar-refractivity contribution is 5.92. The Kier molecular flexibility index (Phi) is 6.24. The van der Waals surface area contributed by atoms with Crippen molar-refractivity contribution in [3.05, 3.63) is 11.9 Å². The molecule has 1 aromatic rings. The Balaban J connectivity index is 1.47. The number of carbonyl (C=O) groups is 1. The second-order valence-electron chi connectivity index (χ2n) is 7.29. The molecule has 1 aliphatic heterocycles. The van der Waals surface area contributed by atoms with Crippen molar-refractivity contribution in [3.63, 3.8) is 0 Å². The van der Waals surface area contributed by atoms with Crippen LogP contribution in [-0.4, -0.2) is 63.4 Å². The third-order valence-electron chi connectivity index (χ3n) is 5.45. The quantitative estimate of drug-likeness (QED) is 0.802. The number of amides is 1. The van der Waals surface area contributed by atoms with Gasteiger partial charge in [-0.15, -0.1) is 5.10 Å². The van der Waals surface area contributed by atoms with Gasteiger partial charge < -0.3 is 4.90 Å². The van der Waals surface area contributed by atoms with Gasteiger partial charge in [-0.1, -0.05) is 44.2 Å². The van der Waals surface area contributed by atoms with Gasteiger partial charge in [0.2, 0.25) is 0 Å². The maximum Gasteiger partial charge on any atom is 0.276 e. The maximum atomic E-state index is 12.6. The van der Waals surface area contributed by atoms with Crippen LogP contribution in [0.3, 0.4) is 0 Å². The predicted molar refractivity (Wildman–Crippen MR) is 93.8 cm³/mol. The van der Waals surface area contributed by atoms with Crippen molar-refractivity contribution >= 4 is 5.91 Å². The van der Waals surface area contributed by atoms with Crippen molar-refractivity contribution in [2.45, 2.75) is 58.4 Å². The summed E-state index contributed by atoms with van der Waals surface area (Å²) in [6.07, 6.45) is 11.0. The summed E-state index contributed by atoms with van der Waals surface area (Å²) in [6, 6.07) is 0. The van der Waals surface area contributed by atoms with E-state index >= 15 is 0 Å². The zero-order valence-electron chi connectivity index (χ0n) is 15.0. The van der Waals surface area contributed by atoms with Crippen LogP contribution in [0.4, 0.5) is 0 Å². The highest BCUT2D eigenvalue weighted by atomic mass is 16.2. The van der Waals surface area contributed by atoms with E-state index in [4.69, 9.17) is 0 Å². The first kappa shape index (κ1) is 17.4. The number of aryl methyl sites for hydroxylation is 1. The summed E-state index contributed by atoms with van der Waals surface area (Å²) < 4.78 is 1.86. The standard InChI is InChI=1S/C18H31N5O/c1-2-9-21-11-13-22(14-12-21)18(24)17-15-23(20-19-17)10-8-16-6-4-3-5-7-16/h15-16H,2-14H2,1H3. The van der Waals surface area contributed by atoms with E-state index in [1.807, 2.05) is 15.8 Å². The molecule has 0 unspecified atom stereocenters. The molecule has 0 bridgehead atoms.